The topological polar surface area (TPSA) is 150 Å². The van der Waals surface area contributed by atoms with Crippen molar-refractivity contribution in [1.29, 1.82) is 5.41 Å². The highest BCUT2D eigenvalue weighted by Gasteiger charge is 2.23. The first-order chi connectivity index (χ1) is 17.9. The summed E-state index contributed by atoms with van der Waals surface area (Å²) >= 11 is 0. The van der Waals surface area contributed by atoms with Crippen LogP contribution in [0.5, 0.6) is 0 Å². The number of nitrogens with two attached hydrogens (primary N) is 1. The van der Waals surface area contributed by atoms with Crippen molar-refractivity contribution in [3.05, 3.63) is 83.3 Å². The van der Waals surface area contributed by atoms with Crippen LogP contribution in [-0.2, 0) is 16.1 Å². The van der Waals surface area contributed by atoms with Gasteiger partial charge in [0.25, 0.3) is 5.91 Å². The number of fused-ring (bicyclic) bond motifs is 1. The maximum absolute atomic E-state index is 13.6. The second kappa shape index (κ2) is 12.7. The number of H-pyrrole nitrogens is 1. The van der Waals surface area contributed by atoms with Crippen LogP contribution < -0.4 is 16.0 Å². The van der Waals surface area contributed by atoms with Gasteiger partial charge in [0.05, 0.1) is 30.6 Å². The van der Waals surface area contributed by atoms with Crippen molar-refractivity contribution in [2.75, 3.05) is 23.4 Å². The fourth-order valence-corrected chi connectivity index (χ4v) is 3.95. The number of aromatic amines is 1. The number of pyridine rings is 1. The molecule has 0 fully saturated rings. The Kier molecular flexibility index (Phi) is 9.39. The largest absolute Gasteiger partial charge is 0.466 e. The van der Waals surface area contributed by atoms with Crippen LogP contribution in [0.25, 0.3) is 11.0 Å². The molecule has 11 heteroatoms. The summed E-state index contributed by atoms with van der Waals surface area (Å²) in [5, 5.41) is 10.8. The van der Waals surface area contributed by atoms with Crippen LogP contribution in [0.4, 0.5) is 11.5 Å². The van der Waals surface area contributed by atoms with E-state index in [4.69, 9.17) is 20.9 Å². The summed E-state index contributed by atoms with van der Waals surface area (Å²) < 4.78 is 5.04. The van der Waals surface area contributed by atoms with Crippen molar-refractivity contribution in [3.63, 3.8) is 0 Å². The number of anilines is 2. The number of halogens is 1. The van der Waals surface area contributed by atoms with E-state index in [1.54, 1.807) is 49.5 Å². The average Bonchev–Trinajstić information content (AvgIpc) is 3.33. The number of aromatic nitrogens is 3. The van der Waals surface area contributed by atoms with Gasteiger partial charge in [-0.25, -0.2) is 9.97 Å². The molecule has 1 amide bonds. The minimum absolute atomic E-state index is 0. The molecule has 4 rings (SSSR count). The number of esters is 1. The Balaban J connectivity index is 0.00000400. The summed E-state index contributed by atoms with van der Waals surface area (Å²) in [7, 11) is 0. The summed E-state index contributed by atoms with van der Waals surface area (Å²) in [6, 6.07) is 16.1. The Bertz CT molecular complexity index is 1420. The van der Waals surface area contributed by atoms with Gasteiger partial charge in [-0.15, -0.1) is 12.4 Å². The monoisotopic (exact) mass is 535 g/mol. The molecule has 10 nitrogen and oxygen atoms in total. The molecule has 0 aliphatic carbocycles. The molecule has 198 valence electrons. The lowest BCUT2D eigenvalue weighted by atomic mass is 10.1. The summed E-state index contributed by atoms with van der Waals surface area (Å²) in [5.74, 6) is 0.549. The molecule has 0 spiro atoms. The molecule has 5 N–H and O–H groups in total. The van der Waals surface area contributed by atoms with Gasteiger partial charge in [0.2, 0.25) is 0 Å². The molecule has 0 saturated carbocycles. The molecule has 0 aliphatic heterocycles. The van der Waals surface area contributed by atoms with E-state index in [2.05, 4.69) is 15.3 Å². The number of benzene rings is 2. The van der Waals surface area contributed by atoms with Gasteiger partial charge < -0.3 is 20.8 Å². The number of imidazole rings is 1. The van der Waals surface area contributed by atoms with E-state index in [1.807, 2.05) is 25.1 Å². The fourth-order valence-electron chi connectivity index (χ4n) is 3.95. The molecule has 0 aliphatic rings. The zero-order valence-electron chi connectivity index (χ0n) is 21.2. The number of nitrogens with zero attached hydrogens (tertiary/aromatic N) is 3. The number of nitrogen functional groups attached to an aromatic ring is 1. The van der Waals surface area contributed by atoms with Crippen molar-refractivity contribution >= 4 is 52.7 Å². The predicted octanol–water partition coefficient (Wildman–Crippen LogP) is 4.18. The van der Waals surface area contributed by atoms with Gasteiger partial charge in [0.1, 0.15) is 17.5 Å². The SMILES string of the molecule is CCOC(=O)CCN(C(=O)c1ccc2[nH]c(CNc3ccc(C(=N)N)cc3)nc2c1C)c1ccccn1.Cl. The minimum Gasteiger partial charge on any atom is -0.466 e. The van der Waals surface area contributed by atoms with Crippen LogP contribution in [0.15, 0.2) is 60.8 Å². The lowest BCUT2D eigenvalue weighted by Crippen LogP contribution is -2.34. The first-order valence-corrected chi connectivity index (χ1v) is 11.9. The molecule has 2 aromatic carbocycles. The first kappa shape index (κ1) is 28.1. The first-order valence-electron chi connectivity index (χ1n) is 11.9. The standard InChI is InChI=1S/C27H29N7O3.ClH/c1-3-37-24(35)13-15-34(23-6-4-5-14-30-23)27(36)20-11-12-21-25(17(20)2)33-22(32-21)16-31-19-9-7-18(8-10-19)26(28)29;/h4-12,14,31H,3,13,15-16H2,1-2H3,(H3,28,29)(H,32,33);1H. The Labute approximate surface area is 226 Å². The quantitative estimate of drug-likeness (QED) is 0.135. The molecule has 4 aromatic rings. The molecule has 0 bridgehead atoms. The van der Waals surface area contributed by atoms with E-state index >= 15 is 0 Å². The number of amidine groups is 1. The number of rotatable bonds is 10. The Hall–Kier alpha value is -4.44. The lowest BCUT2D eigenvalue weighted by molar-refractivity contribution is -0.142. The van der Waals surface area contributed by atoms with Gasteiger partial charge in [0, 0.05) is 29.6 Å². The molecule has 2 aromatic heterocycles. The normalized spacial score (nSPS) is 10.5. The van der Waals surface area contributed by atoms with Crippen LogP contribution in [-0.4, -0.2) is 45.8 Å². The zero-order valence-corrected chi connectivity index (χ0v) is 22.0. The molecular weight excluding hydrogens is 506 g/mol. The second-order valence-corrected chi connectivity index (χ2v) is 8.36. The Morgan fingerprint density at radius 1 is 1.13 bits per heavy atom. The van der Waals surface area contributed by atoms with Gasteiger partial charge in [-0.3, -0.25) is 19.9 Å². The lowest BCUT2D eigenvalue weighted by Gasteiger charge is -2.22. The third-order valence-corrected chi connectivity index (χ3v) is 5.86. The maximum Gasteiger partial charge on any atom is 0.307 e. The van der Waals surface area contributed by atoms with Crippen LogP contribution in [0.3, 0.4) is 0 Å². The van der Waals surface area contributed by atoms with Gasteiger partial charge >= 0.3 is 5.97 Å². The van der Waals surface area contributed by atoms with Crippen LogP contribution >= 0.6 is 12.4 Å². The van der Waals surface area contributed by atoms with E-state index in [1.165, 1.54) is 4.90 Å². The van der Waals surface area contributed by atoms with Gasteiger partial charge in [0.15, 0.2) is 0 Å². The van der Waals surface area contributed by atoms with Crippen LogP contribution in [0.1, 0.15) is 40.7 Å². The Morgan fingerprint density at radius 2 is 1.89 bits per heavy atom. The highest BCUT2D eigenvalue weighted by atomic mass is 35.5. The average molecular weight is 536 g/mol. The number of hydrogen-bond acceptors (Lipinski definition) is 7. The summed E-state index contributed by atoms with van der Waals surface area (Å²) in [6.45, 7) is 4.47. The van der Waals surface area contributed by atoms with E-state index in [0.717, 1.165) is 16.8 Å². The maximum atomic E-state index is 13.6. The second-order valence-electron chi connectivity index (χ2n) is 8.36. The predicted molar refractivity (Wildman–Crippen MR) is 150 cm³/mol. The number of nitrogens with one attached hydrogen (secondary N) is 3. The number of carbonyl (C=O) groups is 2. The molecule has 38 heavy (non-hydrogen) atoms. The molecule has 0 atom stereocenters. The fraction of sp³-hybridized carbons (Fsp3) is 0.222. The molecule has 2 heterocycles. The van der Waals surface area contributed by atoms with E-state index in [-0.39, 0.29) is 49.7 Å². The van der Waals surface area contributed by atoms with Gasteiger partial charge in [-0.05, 0) is 67.9 Å². The zero-order chi connectivity index (χ0) is 26.4. The van der Waals surface area contributed by atoms with Crippen molar-refractivity contribution < 1.29 is 14.3 Å². The van der Waals surface area contributed by atoms with Crippen molar-refractivity contribution in [2.45, 2.75) is 26.8 Å². The highest BCUT2D eigenvalue weighted by Crippen LogP contribution is 2.24. The minimum atomic E-state index is -0.371. The van der Waals surface area contributed by atoms with Crippen molar-refractivity contribution in [1.82, 2.24) is 15.0 Å². The van der Waals surface area contributed by atoms with Crippen LogP contribution in [0, 0.1) is 12.3 Å². The summed E-state index contributed by atoms with van der Waals surface area (Å²) in [4.78, 5) is 39.4. The van der Waals surface area contributed by atoms with Crippen molar-refractivity contribution in [2.24, 2.45) is 5.73 Å². The summed E-state index contributed by atoms with van der Waals surface area (Å²) in [5.41, 5.74) is 9.75. The van der Waals surface area contributed by atoms with Crippen molar-refractivity contribution in [3.8, 4) is 0 Å². The number of ether oxygens (including phenoxy) is 1. The highest BCUT2D eigenvalue weighted by molar-refractivity contribution is 6.09. The van der Waals surface area contributed by atoms with Crippen LogP contribution in [0.2, 0.25) is 0 Å². The number of carbonyl (C=O) groups excluding carboxylic acids is 2. The number of hydrogen-bond donors (Lipinski definition) is 4. The smallest absolute Gasteiger partial charge is 0.307 e. The third kappa shape index (κ3) is 6.46. The van der Waals surface area contributed by atoms with E-state index < -0.39 is 0 Å². The van der Waals surface area contributed by atoms with E-state index in [9.17, 15) is 9.59 Å². The van der Waals surface area contributed by atoms with E-state index in [0.29, 0.717) is 34.8 Å². The molecule has 0 saturated heterocycles. The van der Waals surface area contributed by atoms with Gasteiger partial charge in [-0.2, -0.15) is 0 Å². The third-order valence-electron chi connectivity index (χ3n) is 5.86. The number of aryl methyl sites for hydroxylation is 1. The van der Waals surface area contributed by atoms with Gasteiger partial charge in [-0.1, -0.05) is 6.07 Å². The number of amides is 1. The summed E-state index contributed by atoms with van der Waals surface area (Å²) in [6.07, 6.45) is 1.67. The molecule has 0 radical (unpaired) electrons. The molecular formula is C27H30ClN7O3. The Morgan fingerprint density at radius 3 is 2.55 bits per heavy atom. The molecule has 0 unspecified atom stereocenters.